The highest BCUT2D eigenvalue weighted by Gasteiger charge is 2.19. The highest BCUT2D eigenvalue weighted by atomic mass is 32.2. The van der Waals surface area contributed by atoms with Crippen molar-refractivity contribution in [3.63, 3.8) is 0 Å². The van der Waals surface area contributed by atoms with Gasteiger partial charge >= 0.3 is 0 Å². The van der Waals surface area contributed by atoms with Crippen LogP contribution in [0.25, 0.3) is 11.0 Å². The molecule has 0 aliphatic heterocycles. The number of sulfone groups is 1. The molecule has 0 saturated heterocycles. The Morgan fingerprint density at radius 3 is 2.04 bits per heavy atom. The molecule has 0 aliphatic carbocycles. The molecule has 0 fully saturated rings. The van der Waals surface area contributed by atoms with E-state index in [1.165, 1.54) is 39.4 Å². The van der Waals surface area contributed by atoms with E-state index in [9.17, 15) is 13.2 Å². The lowest BCUT2D eigenvalue weighted by atomic mass is 10.1. The molecule has 0 aromatic heterocycles. The molecule has 0 atom stereocenters. The number of carbonyl (C=O) groups excluding carboxylic acids is 1. The standard InChI is InChI=1S/C20H22N2O5S/c1-13(23)10-20(15-5-7-19(27-3)17(22)12-15)28(24,25)9-8-14-4-6-18(26-2)16(21)11-14/h4-12H,21-22H2,1-3H3/b9-8?,20-10-. The van der Waals surface area contributed by atoms with E-state index >= 15 is 0 Å². The van der Waals surface area contributed by atoms with Crippen molar-refractivity contribution in [3.05, 3.63) is 59.0 Å². The number of allylic oxidation sites excluding steroid dienone is 1. The van der Waals surface area contributed by atoms with Gasteiger partial charge in [0.15, 0.2) is 5.78 Å². The molecule has 0 radical (unpaired) electrons. The van der Waals surface area contributed by atoms with E-state index in [0.29, 0.717) is 22.7 Å². The zero-order valence-electron chi connectivity index (χ0n) is 15.8. The van der Waals surface area contributed by atoms with E-state index in [1.54, 1.807) is 24.3 Å². The first-order chi connectivity index (χ1) is 13.2. The first kappa shape index (κ1) is 21.0. The number of hydrogen-bond acceptors (Lipinski definition) is 7. The molecule has 2 rings (SSSR count). The summed E-state index contributed by atoms with van der Waals surface area (Å²) >= 11 is 0. The number of nitrogen functional groups attached to an aromatic ring is 2. The number of benzene rings is 2. The van der Waals surface area contributed by atoms with Crippen LogP contribution in [-0.2, 0) is 14.6 Å². The van der Waals surface area contributed by atoms with Crippen LogP contribution in [0.15, 0.2) is 47.9 Å². The van der Waals surface area contributed by atoms with Gasteiger partial charge in [-0.3, -0.25) is 4.79 Å². The number of carbonyl (C=O) groups is 1. The van der Waals surface area contributed by atoms with Gasteiger partial charge < -0.3 is 20.9 Å². The van der Waals surface area contributed by atoms with Gasteiger partial charge in [-0.1, -0.05) is 6.07 Å². The number of anilines is 2. The maximum atomic E-state index is 12.9. The number of ketones is 1. The van der Waals surface area contributed by atoms with Gasteiger partial charge in [0.25, 0.3) is 0 Å². The molecule has 148 valence electrons. The molecule has 0 aliphatic rings. The lowest BCUT2D eigenvalue weighted by molar-refractivity contribution is -0.112. The van der Waals surface area contributed by atoms with E-state index in [1.807, 2.05) is 0 Å². The van der Waals surface area contributed by atoms with Gasteiger partial charge in [0.1, 0.15) is 11.5 Å². The second-order valence-corrected chi connectivity index (χ2v) is 7.73. The van der Waals surface area contributed by atoms with Crippen LogP contribution in [0.4, 0.5) is 11.4 Å². The molecule has 28 heavy (non-hydrogen) atoms. The Balaban J connectivity index is 2.47. The number of hydrogen-bond donors (Lipinski definition) is 2. The van der Waals surface area contributed by atoms with E-state index < -0.39 is 15.6 Å². The molecule has 0 amide bonds. The van der Waals surface area contributed by atoms with Crippen molar-refractivity contribution in [2.24, 2.45) is 0 Å². The molecule has 2 aromatic rings. The number of nitrogens with two attached hydrogens (primary N) is 2. The Labute approximate surface area is 164 Å². The van der Waals surface area contributed by atoms with Crippen molar-refractivity contribution < 1.29 is 22.7 Å². The van der Waals surface area contributed by atoms with Crippen LogP contribution in [0.3, 0.4) is 0 Å². The highest BCUT2D eigenvalue weighted by Crippen LogP contribution is 2.30. The fraction of sp³-hybridized carbons (Fsp3) is 0.150. The maximum absolute atomic E-state index is 12.9. The van der Waals surface area contributed by atoms with Crippen LogP contribution in [-0.4, -0.2) is 28.4 Å². The average molecular weight is 402 g/mol. The van der Waals surface area contributed by atoms with Crippen molar-refractivity contribution in [1.29, 1.82) is 0 Å². The molecular formula is C20H22N2O5S. The van der Waals surface area contributed by atoms with Gasteiger partial charge in [0.2, 0.25) is 9.84 Å². The molecule has 0 spiro atoms. The third kappa shape index (κ3) is 4.92. The molecule has 0 unspecified atom stereocenters. The van der Waals surface area contributed by atoms with Crippen LogP contribution in [0.2, 0.25) is 0 Å². The predicted octanol–water partition coefficient (Wildman–Crippen LogP) is 2.88. The summed E-state index contributed by atoms with van der Waals surface area (Å²) in [4.78, 5) is 11.5. The summed E-state index contributed by atoms with van der Waals surface area (Å²) in [5, 5.41) is 1.02. The van der Waals surface area contributed by atoms with Crippen LogP contribution in [0, 0.1) is 0 Å². The summed E-state index contributed by atoms with van der Waals surface area (Å²) in [7, 11) is -0.995. The fourth-order valence-electron chi connectivity index (χ4n) is 2.50. The Morgan fingerprint density at radius 2 is 1.54 bits per heavy atom. The molecule has 7 nitrogen and oxygen atoms in total. The van der Waals surface area contributed by atoms with Crippen molar-refractivity contribution in [2.45, 2.75) is 6.92 Å². The Hall–Kier alpha value is -3.26. The molecule has 0 heterocycles. The predicted molar refractivity (Wildman–Crippen MR) is 111 cm³/mol. The first-order valence-corrected chi connectivity index (χ1v) is 9.75. The van der Waals surface area contributed by atoms with Crippen molar-refractivity contribution >= 4 is 38.0 Å². The van der Waals surface area contributed by atoms with Crippen LogP contribution < -0.4 is 20.9 Å². The van der Waals surface area contributed by atoms with Crippen LogP contribution in [0.5, 0.6) is 11.5 Å². The number of ether oxygens (including phenoxy) is 2. The number of methoxy groups -OCH3 is 2. The average Bonchev–Trinajstić information content (AvgIpc) is 2.64. The van der Waals surface area contributed by atoms with Gasteiger partial charge in [-0.15, -0.1) is 0 Å². The molecule has 0 saturated carbocycles. The summed E-state index contributed by atoms with van der Waals surface area (Å²) in [5.74, 6) is 0.494. The molecule has 0 bridgehead atoms. The Kier molecular flexibility index (Phi) is 6.48. The topological polar surface area (TPSA) is 122 Å². The largest absolute Gasteiger partial charge is 0.495 e. The minimum atomic E-state index is -3.94. The third-order valence-electron chi connectivity index (χ3n) is 3.85. The van der Waals surface area contributed by atoms with Crippen molar-refractivity contribution in [3.8, 4) is 11.5 Å². The Bertz CT molecular complexity index is 1060. The van der Waals surface area contributed by atoms with Crippen LogP contribution in [0.1, 0.15) is 18.1 Å². The van der Waals surface area contributed by atoms with Gasteiger partial charge in [0, 0.05) is 11.5 Å². The second-order valence-electron chi connectivity index (χ2n) is 5.93. The maximum Gasteiger partial charge on any atom is 0.200 e. The van der Waals surface area contributed by atoms with E-state index in [2.05, 4.69) is 0 Å². The third-order valence-corrected chi connectivity index (χ3v) is 5.31. The summed E-state index contributed by atoms with van der Waals surface area (Å²) in [5.41, 5.74) is 13.2. The van der Waals surface area contributed by atoms with Crippen LogP contribution >= 0.6 is 0 Å². The summed E-state index contributed by atoms with van der Waals surface area (Å²) in [6.07, 6.45) is 2.45. The quantitative estimate of drug-likeness (QED) is 0.539. The minimum absolute atomic E-state index is 0.160. The van der Waals surface area contributed by atoms with E-state index in [4.69, 9.17) is 20.9 Å². The fourth-order valence-corrected chi connectivity index (χ4v) is 3.77. The number of rotatable bonds is 7. The zero-order chi connectivity index (χ0) is 20.9. The van der Waals surface area contributed by atoms with Gasteiger partial charge in [0.05, 0.1) is 30.5 Å². The summed E-state index contributed by atoms with van der Waals surface area (Å²) in [6.45, 7) is 1.27. The molecule has 2 aromatic carbocycles. The monoisotopic (exact) mass is 402 g/mol. The van der Waals surface area contributed by atoms with Gasteiger partial charge in [-0.25, -0.2) is 8.42 Å². The smallest absolute Gasteiger partial charge is 0.200 e. The van der Waals surface area contributed by atoms with Gasteiger partial charge in [-0.2, -0.15) is 0 Å². The summed E-state index contributed by atoms with van der Waals surface area (Å²) in [6, 6.07) is 9.41. The Morgan fingerprint density at radius 1 is 0.964 bits per heavy atom. The molecule has 4 N–H and O–H groups in total. The summed E-state index contributed by atoms with van der Waals surface area (Å²) < 4.78 is 35.9. The van der Waals surface area contributed by atoms with Crippen molar-refractivity contribution in [1.82, 2.24) is 0 Å². The second kappa shape index (κ2) is 8.62. The van der Waals surface area contributed by atoms with E-state index in [0.717, 1.165) is 11.5 Å². The lowest BCUT2D eigenvalue weighted by Crippen LogP contribution is -2.03. The van der Waals surface area contributed by atoms with Gasteiger partial charge in [-0.05, 0) is 54.5 Å². The lowest BCUT2D eigenvalue weighted by Gasteiger charge is -2.10. The SMILES string of the molecule is COc1ccc(C=CS(=O)(=O)/C(=C\C(C)=O)c2ccc(OC)c(N)c2)cc1N. The normalized spacial score (nSPS) is 12.2. The van der Waals surface area contributed by atoms with E-state index in [-0.39, 0.29) is 16.2 Å². The first-order valence-electron chi connectivity index (χ1n) is 8.20. The molecule has 8 heteroatoms. The van der Waals surface area contributed by atoms with Crippen molar-refractivity contribution in [2.75, 3.05) is 25.7 Å². The minimum Gasteiger partial charge on any atom is -0.495 e. The molecular weight excluding hydrogens is 380 g/mol. The zero-order valence-corrected chi connectivity index (χ0v) is 16.6. The highest BCUT2D eigenvalue weighted by molar-refractivity contribution is 8.03.